The Kier molecular flexibility index (Phi) is 39.6. The Hall–Kier alpha value is -2.89. The molecule has 1 atom stereocenters. The number of carbonyl (C=O) groups is 3. The van der Waals surface area contributed by atoms with Gasteiger partial charge in [-0.2, -0.15) is 0 Å². The Balaban J connectivity index is 4.42. The lowest BCUT2D eigenvalue weighted by Gasteiger charge is -2.18. The van der Waals surface area contributed by atoms with Crippen molar-refractivity contribution in [3.8, 4) is 0 Å². The SMILES string of the molecule is CC/C=C\C/C=C\C/C=C\C/C=C\C/C=C\CCCC(=O)OCC(COC(=O)CCCCCCCCCC)OC(=O)CCCCCCCCCCCC. The Morgan fingerprint density at radius 3 is 1.15 bits per heavy atom. The first-order valence-corrected chi connectivity index (χ1v) is 21.8. The smallest absolute Gasteiger partial charge is 0.306 e. The van der Waals surface area contributed by atoms with Gasteiger partial charge in [-0.3, -0.25) is 14.4 Å². The second-order valence-corrected chi connectivity index (χ2v) is 14.2. The van der Waals surface area contributed by atoms with Crippen LogP contribution in [0.4, 0.5) is 0 Å². The van der Waals surface area contributed by atoms with Crippen molar-refractivity contribution in [1.82, 2.24) is 0 Å². The summed E-state index contributed by atoms with van der Waals surface area (Å²) in [4.78, 5) is 37.5. The predicted octanol–water partition coefficient (Wildman–Crippen LogP) is 13.7. The molecule has 0 saturated carbocycles. The fourth-order valence-corrected chi connectivity index (χ4v) is 5.77. The molecule has 0 heterocycles. The van der Waals surface area contributed by atoms with Crippen LogP contribution in [0.2, 0.25) is 0 Å². The van der Waals surface area contributed by atoms with Crippen LogP contribution in [0.25, 0.3) is 0 Å². The molecule has 0 bridgehead atoms. The molecule has 0 amide bonds. The number of carbonyl (C=O) groups excluding carboxylic acids is 3. The van der Waals surface area contributed by atoms with Crippen molar-refractivity contribution in [1.29, 1.82) is 0 Å². The topological polar surface area (TPSA) is 78.9 Å². The van der Waals surface area contributed by atoms with Gasteiger partial charge in [-0.05, 0) is 57.8 Å². The fourth-order valence-electron chi connectivity index (χ4n) is 5.77. The molecule has 6 heteroatoms. The van der Waals surface area contributed by atoms with Crippen molar-refractivity contribution in [3.05, 3.63) is 60.8 Å². The monoisotopic (exact) mass is 741 g/mol. The van der Waals surface area contributed by atoms with Crippen LogP contribution in [0.1, 0.15) is 201 Å². The number of allylic oxidation sites excluding steroid dienone is 10. The summed E-state index contributed by atoms with van der Waals surface area (Å²) < 4.78 is 16.6. The van der Waals surface area contributed by atoms with Crippen LogP contribution in [-0.2, 0) is 28.6 Å². The van der Waals surface area contributed by atoms with Gasteiger partial charge >= 0.3 is 17.9 Å². The van der Waals surface area contributed by atoms with Gasteiger partial charge in [-0.25, -0.2) is 0 Å². The zero-order valence-electron chi connectivity index (χ0n) is 34.5. The lowest BCUT2D eigenvalue weighted by atomic mass is 10.1. The van der Waals surface area contributed by atoms with E-state index in [9.17, 15) is 14.4 Å². The summed E-state index contributed by atoms with van der Waals surface area (Å²) in [5.41, 5.74) is 0. The van der Waals surface area contributed by atoms with Crippen LogP contribution in [0, 0.1) is 0 Å². The third-order valence-electron chi connectivity index (χ3n) is 9.04. The fraction of sp³-hybridized carbons (Fsp3) is 0.723. The number of hydrogen-bond acceptors (Lipinski definition) is 6. The molecule has 0 aliphatic carbocycles. The summed E-state index contributed by atoms with van der Waals surface area (Å²) >= 11 is 0. The molecule has 1 unspecified atom stereocenters. The molecular formula is C47H80O6. The van der Waals surface area contributed by atoms with E-state index in [4.69, 9.17) is 14.2 Å². The minimum atomic E-state index is -0.789. The first-order valence-electron chi connectivity index (χ1n) is 21.8. The predicted molar refractivity (Wildman–Crippen MR) is 224 cm³/mol. The van der Waals surface area contributed by atoms with Crippen molar-refractivity contribution in [2.45, 2.75) is 207 Å². The molecule has 0 aliphatic heterocycles. The van der Waals surface area contributed by atoms with Crippen LogP contribution < -0.4 is 0 Å². The number of ether oxygens (including phenoxy) is 3. The molecule has 0 aromatic rings. The van der Waals surface area contributed by atoms with E-state index in [2.05, 4.69) is 81.5 Å². The second-order valence-electron chi connectivity index (χ2n) is 14.2. The quantitative estimate of drug-likeness (QED) is 0.0271. The molecule has 304 valence electrons. The highest BCUT2D eigenvalue weighted by Crippen LogP contribution is 2.13. The van der Waals surface area contributed by atoms with Crippen molar-refractivity contribution < 1.29 is 28.6 Å². The lowest BCUT2D eigenvalue weighted by Crippen LogP contribution is -2.30. The third-order valence-corrected chi connectivity index (χ3v) is 9.04. The van der Waals surface area contributed by atoms with Gasteiger partial charge in [0.2, 0.25) is 0 Å². The number of unbranched alkanes of at least 4 members (excludes halogenated alkanes) is 17. The summed E-state index contributed by atoms with van der Waals surface area (Å²) in [6.45, 7) is 6.41. The summed E-state index contributed by atoms with van der Waals surface area (Å²) in [6, 6.07) is 0. The highest BCUT2D eigenvalue weighted by molar-refractivity contribution is 5.71. The maximum absolute atomic E-state index is 12.6. The maximum Gasteiger partial charge on any atom is 0.306 e. The van der Waals surface area contributed by atoms with E-state index in [0.717, 1.165) is 77.0 Å². The number of rotatable bonds is 38. The molecule has 0 rings (SSSR count). The zero-order chi connectivity index (χ0) is 38.7. The Bertz CT molecular complexity index is 991. The summed E-state index contributed by atoms with van der Waals surface area (Å²) in [5, 5.41) is 0. The molecule has 0 N–H and O–H groups in total. The molecule has 0 aromatic heterocycles. The molecule has 0 aliphatic rings. The zero-order valence-corrected chi connectivity index (χ0v) is 34.5. The highest BCUT2D eigenvalue weighted by atomic mass is 16.6. The number of esters is 3. The van der Waals surface area contributed by atoms with Crippen LogP contribution in [0.3, 0.4) is 0 Å². The Labute approximate surface area is 326 Å². The number of hydrogen-bond donors (Lipinski definition) is 0. The highest BCUT2D eigenvalue weighted by Gasteiger charge is 2.19. The lowest BCUT2D eigenvalue weighted by molar-refractivity contribution is -0.167. The van der Waals surface area contributed by atoms with Gasteiger partial charge in [0.05, 0.1) is 0 Å². The van der Waals surface area contributed by atoms with Gasteiger partial charge in [-0.15, -0.1) is 0 Å². The first kappa shape index (κ1) is 50.1. The largest absolute Gasteiger partial charge is 0.462 e. The Morgan fingerprint density at radius 1 is 0.396 bits per heavy atom. The van der Waals surface area contributed by atoms with Crippen molar-refractivity contribution in [2.75, 3.05) is 13.2 Å². The van der Waals surface area contributed by atoms with E-state index >= 15 is 0 Å². The van der Waals surface area contributed by atoms with Gasteiger partial charge < -0.3 is 14.2 Å². The van der Waals surface area contributed by atoms with Crippen molar-refractivity contribution in [3.63, 3.8) is 0 Å². The molecule has 0 fully saturated rings. The second kappa shape index (κ2) is 41.9. The van der Waals surface area contributed by atoms with Crippen LogP contribution in [0.5, 0.6) is 0 Å². The van der Waals surface area contributed by atoms with Gasteiger partial charge in [0.1, 0.15) is 13.2 Å². The summed E-state index contributed by atoms with van der Waals surface area (Å²) in [6.07, 6.45) is 49.3. The van der Waals surface area contributed by atoms with E-state index in [1.165, 1.54) is 77.0 Å². The van der Waals surface area contributed by atoms with E-state index in [1.54, 1.807) is 0 Å². The molecule has 0 spiro atoms. The van der Waals surface area contributed by atoms with Crippen LogP contribution in [-0.4, -0.2) is 37.2 Å². The first-order chi connectivity index (χ1) is 26.0. The van der Waals surface area contributed by atoms with Crippen molar-refractivity contribution >= 4 is 17.9 Å². The Morgan fingerprint density at radius 2 is 0.736 bits per heavy atom. The average Bonchev–Trinajstić information content (AvgIpc) is 3.15. The molecule has 0 saturated heterocycles. The average molecular weight is 741 g/mol. The third kappa shape index (κ3) is 40.1. The summed E-state index contributed by atoms with van der Waals surface area (Å²) in [7, 11) is 0. The standard InChI is InChI=1S/C47H80O6/c1-4-7-10-13-16-19-21-22-23-24-25-26-27-29-31-34-37-40-46(49)52-43-44(42-51-45(48)39-36-33-30-18-15-12-9-6-3)53-47(50)41-38-35-32-28-20-17-14-11-8-5-2/h7,10,16,19,22-23,25-26,29,31,44H,4-6,8-9,11-15,17-18,20-21,24,27-28,30,32-43H2,1-3H3/b10-7-,19-16-,23-22-,26-25-,31-29-. The van der Waals surface area contributed by atoms with Crippen LogP contribution >= 0.6 is 0 Å². The van der Waals surface area contributed by atoms with E-state index in [-0.39, 0.29) is 37.5 Å². The molecule has 53 heavy (non-hydrogen) atoms. The van der Waals surface area contributed by atoms with Gasteiger partial charge in [-0.1, -0.05) is 184 Å². The normalized spacial score (nSPS) is 12.6. The van der Waals surface area contributed by atoms with E-state index < -0.39 is 6.10 Å². The van der Waals surface area contributed by atoms with Crippen molar-refractivity contribution in [2.24, 2.45) is 0 Å². The molecular weight excluding hydrogens is 661 g/mol. The minimum absolute atomic E-state index is 0.0903. The minimum Gasteiger partial charge on any atom is -0.462 e. The molecule has 0 radical (unpaired) electrons. The maximum atomic E-state index is 12.6. The van der Waals surface area contributed by atoms with Gasteiger partial charge in [0.15, 0.2) is 6.10 Å². The van der Waals surface area contributed by atoms with Crippen LogP contribution in [0.15, 0.2) is 60.8 Å². The van der Waals surface area contributed by atoms with Gasteiger partial charge in [0, 0.05) is 19.3 Å². The van der Waals surface area contributed by atoms with E-state index in [0.29, 0.717) is 19.3 Å². The summed E-state index contributed by atoms with van der Waals surface area (Å²) in [5.74, 6) is -0.961. The van der Waals surface area contributed by atoms with Gasteiger partial charge in [0.25, 0.3) is 0 Å². The molecule has 6 nitrogen and oxygen atoms in total. The van der Waals surface area contributed by atoms with E-state index in [1.807, 2.05) is 0 Å². The molecule has 0 aromatic carbocycles.